The molecule has 6 heteroatoms. The second-order valence-electron chi connectivity index (χ2n) is 4.29. The van der Waals surface area contributed by atoms with Gasteiger partial charge in [-0.25, -0.2) is 0 Å². The number of nitrogens with one attached hydrogen (secondary N) is 2. The van der Waals surface area contributed by atoms with Gasteiger partial charge in [-0.1, -0.05) is 11.2 Å². The Balaban J connectivity index is 1.61. The van der Waals surface area contributed by atoms with Crippen molar-refractivity contribution in [2.24, 2.45) is 0 Å². The fourth-order valence-electron chi connectivity index (χ4n) is 1.58. The molecule has 1 aromatic heterocycles. The molecule has 5 nitrogen and oxygen atoms in total. The van der Waals surface area contributed by atoms with Crippen molar-refractivity contribution in [1.29, 1.82) is 0 Å². The summed E-state index contributed by atoms with van der Waals surface area (Å²) in [4.78, 5) is 0. The third-order valence-corrected chi connectivity index (χ3v) is 3.33. The van der Waals surface area contributed by atoms with Gasteiger partial charge in [0.2, 0.25) is 5.89 Å². The maximum absolute atomic E-state index is 5.51. The van der Waals surface area contributed by atoms with Crippen molar-refractivity contribution in [3.63, 3.8) is 0 Å². The summed E-state index contributed by atoms with van der Waals surface area (Å²) in [5, 5.41) is 14.4. The van der Waals surface area contributed by atoms with Crippen molar-refractivity contribution in [2.45, 2.75) is 25.4 Å². The van der Waals surface area contributed by atoms with Crippen molar-refractivity contribution >= 4 is 34.3 Å². The predicted molar refractivity (Wildman–Crippen MR) is 76.6 cm³/mol. The molecule has 3 rings (SSSR count). The highest BCUT2D eigenvalue weighted by molar-refractivity contribution is 14.1. The van der Waals surface area contributed by atoms with Gasteiger partial charge in [0.25, 0.3) is 0 Å². The van der Waals surface area contributed by atoms with Crippen LogP contribution in [-0.4, -0.2) is 16.2 Å². The fourth-order valence-corrected chi connectivity index (χ4v) is 2.13. The lowest BCUT2D eigenvalue weighted by molar-refractivity contribution is 0.478. The van der Waals surface area contributed by atoms with Crippen LogP contribution in [0.15, 0.2) is 28.7 Å². The smallest absolute Gasteiger partial charge is 0.320 e. The lowest BCUT2D eigenvalue weighted by Gasteiger charge is -2.01. The van der Waals surface area contributed by atoms with E-state index in [0.717, 1.165) is 9.26 Å². The van der Waals surface area contributed by atoms with Gasteiger partial charge in [-0.3, -0.25) is 0 Å². The molecule has 1 saturated carbocycles. The molecule has 1 aromatic carbocycles. The highest BCUT2D eigenvalue weighted by Crippen LogP contribution is 2.20. The lowest BCUT2D eigenvalue weighted by Crippen LogP contribution is -2.15. The fraction of sp³-hybridized carbons (Fsp3) is 0.333. The Morgan fingerprint density at radius 1 is 1.33 bits per heavy atom. The van der Waals surface area contributed by atoms with Crippen LogP contribution in [0.5, 0.6) is 0 Å². The average molecular weight is 356 g/mol. The van der Waals surface area contributed by atoms with E-state index in [9.17, 15) is 0 Å². The minimum atomic E-state index is 0.435. The number of hydrogen-bond acceptors (Lipinski definition) is 5. The standard InChI is InChI=1S/C12H13IN4O/c13-8-2-1-3-10(6-8)15-12-17-16-11(18-12)7-14-9-4-5-9/h1-3,6,9,14H,4-5,7H2,(H,15,17). The molecular weight excluding hydrogens is 343 g/mol. The van der Waals surface area contributed by atoms with Crippen LogP contribution in [0.4, 0.5) is 11.7 Å². The monoisotopic (exact) mass is 356 g/mol. The average Bonchev–Trinajstić information content (AvgIpc) is 3.08. The zero-order chi connectivity index (χ0) is 12.4. The minimum absolute atomic E-state index is 0.435. The summed E-state index contributed by atoms with van der Waals surface area (Å²) < 4.78 is 6.67. The van der Waals surface area contributed by atoms with Gasteiger partial charge < -0.3 is 15.1 Å². The molecule has 94 valence electrons. The number of rotatable bonds is 5. The van der Waals surface area contributed by atoms with Gasteiger partial charge in [0.05, 0.1) is 6.54 Å². The first-order valence-electron chi connectivity index (χ1n) is 5.88. The van der Waals surface area contributed by atoms with Crippen LogP contribution in [0.3, 0.4) is 0 Å². The van der Waals surface area contributed by atoms with Crippen LogP contribution >= 0.6 is 22.6 Å². The SMILES string of the molecule is Ic1cccc(Nc2nnc(CNC3CC3)o2)c1. The second-order valence-corrected chi connectivity index (χ2v) is 5.54. The first-order chi connectivity index (χ1) is 8.79. The topological polar surface area (TPSA) is 63.0 Å². The molecule has 2 N–H and O–H groups in total. The van der Waals surface area contributed by atoms with Crippen molar-refractivity contribution in [1.82, 2.24) is 15.5 Å². The van der Waals surface area contributed by atoms with E-state index in [0.29, 0.717) is 24.5 Å². The Bertz CT molecular complexity index is 538. The maximum Gasteiger partial charge on any atom is 0.320 e. The Morgan fingerprint density at radius 3 is 3.00 bits per heavy atom. The molecule has 0 bridgehead atoms. The van der Waals surface area contributed by atoms with Gasteiger partial charge in [0.15, 0.2) is 0 Å². The molecule has 0 unspecified atom stereocenters. The molecule has 1 heterocycles. The summed E-state index contributed by atoms with van der Waals surface area (Å²) in [5.41, 5.74) is 0.951. The summed E-state index contributed by atoms with van der Waals surface area (Å²) in [6.07, 6.45) is 2.50. The quantitative estimate of drug-likeness (QED) is 0.807. The molecule has 18 heavy (non-hydrogen) atoms. The molecule has 1 aliphatic rings. The number of anilines is 2. The summed E-state index contributed by atoms with van der Waals surface area (Å²) in [6, 6.07) is 9.08. The highest BCUT2D eigenvalue weighted by atomic mass is 127. The third-order valence-electron chi connectivity index (χ3n) is 2.66. The highest BCUT2D eigenvalue weighted by Gasteiger charge is 2.21. The molecule has 0 saturated heterocycles. The van der Waals surface area contributed by atoms with E-state index in [2.05, 4.69) is 43.4 Å². The van der Waals surface area contributed by atoms with Crippen molar-refractivity contribution in [3.05, 3.63) is 33.7 Å². The van der Waals surface area contributed by atoms with Gasteiger partial charge >= 0.3 is 6.01 Å². The summed E-state index contributed by atoms with van der Waals surface area (Å²) >= 11 is 2.26. The molecule has 0 spiro atoms. The molecule has 1 fully saturated rings. The number of hydrogen-bond donors (Lipinski definition) is 2. The van der Waals surface area contributed by atoms with Gasteiger partial charge in [-0.05, 0) is 53.6 Å². The van der Waals surface area contributed by atoms with Crippen LogP contribution in [-0.2, 0) is 6.54 Å². The predicted octanol–water partition coefficient (Wildman–Crippen LogP) is 2.67. The molecule has 0 radical (unpaired) electrons. The maximum atomic E-state index is 5.51. The Hall–Kier alpha value is -1.15. The Kier molecular flexibility index (Phi) is 3.46. The summed E-state index contributed by atoms with van der Waals surface area (Å²) in [5.74, 6) is 0.620. The van der Waals surface area contributed by atoms with E-state index < -0.39 is 0 Å². The third kappa shape index (κ3) is 3.20. The number of benzene rings is 1. The van der Waals surface area contributed by atoms with Crippen LogP contribution in [0.2, 0.25) is 0 Å². The van der Waals surface area contributed by atoms with Gasteiger partial charge in [0.1, 0.15) is 0 Å². The molecular formula is C12H13IN4O. The molecule has 1 aliphatic carbocycles. The molecule has 2 aromatic rings. The summed E-state index contributed by atoms with van der Waals surface area (Å²) in [6.45, 7) is 0.645. The normalized spacial score (nSPS) is 14.7. The first kappa shape index (κ1) is 11.9. The van der Waals surface area contributed by atoms with E-state index in [-0.39, 0.29) is 0 Å². The van der Waals surface area contributed by atoms with Crippen molar-refractivity contribution < 1.29 is 4.42 Å². The lowest BCUT2D eigenvalue weighted by atomic mass is 10.3. The van der Waals surface area contributed by atoms with Crippen LogP contribution in [0, 0.1) is 3.57 Å². The van der Waals surface area contributed by atoms with E-state index in [1.807, 2.05) is 24.3 Å². The van der Waals surface area contributed by atoms with Crippen LogP contribution in [0.25, 0.3) is 0 Å². The van der Waals surface area contributed by atoms with Gasteiger partial charge in [0, 0.05) is 15.3 Å². The zero-order valence-electron chi connectivity index (χ0n) is 9.69. The van der Waals surface area contributed by atoms with Crippen molar-refractivity contribution in [3.8, 4) is 0 Å². The van der Waals surface area contributed by atoms with Gasteiger partial charge in [-0.15, -0.1) is 5.10 Å². The van der Waals surface area contributed by atoms with E-state index in [1.165, 1.54) is 12.8 Å². The number of halogens is 1. The van der Waals surface area contributed by atoms with Gasteiger partial charge in [-0.2, -0.15) is 0 Å². The van der Waals surface area contributed by atoms with Crippen molar-refractivity contribution in [2.75, 3.05) is 5.32 Å². The Morgan fingerprint density at radius 2 is 2.22 bits per heavy atom. The number of nitrogens with zero attached hydrogens (tertiary/aromatic N) is 2. The Labute approximate surface area is 119 Å². The van der Waals surface area contributed by atoms with E-state index >= 15 is 0 Å². The van der Waals surface area contributed by atoms with E-state index in [1.54, 1.807) is 0 Å². The summed E-state index contributed by atoms with van der Waals surface area (Å²) in [7, 11) is 0. The molecule has 0 amide bonds. The minimum Gasteiger partial charge on any atom is -0.406 e. The van der Waals surface area contributed by atoms with Crippen LogP contribution in [0.1, 0.15) is 18.7 Å². The first-order valence-corrected chi connectivity index (χ1v) is 6.96. The van der Waals surface area contributed by atoms with E-state index in [4.69, 9.17) is 4.42 Å². The number of aromatic nitrogens is 2. The second kappa shape index (κ2) is 5.23. The molecule has 0 atom stereocenters. The zero-order valence-corrected chi connectivity index (χ0v) is 11.8. The largest absolute Gasteiger partial charge is 0.406 e. The molecule has 0 aliphatic heterocycles. The van der Waals surface area contributed by atoms with Crippen LogP contribution < -0.4 is 10.6 Å².